The SMILES string of the molecule is C=C(CC1(O)C(=O)N(C)c2ccccc21)c1ccccc1. The maximum absolute atomic E-state index is 12.5. The number of rotatable bonds is 3. The number of amides is 1. The Balaban J connectivity index is 1.98. The number of benzene rings is 2. The maximum atomic E-state index is 12.5. The van der Waals surface area contributed by atoms with Gasteiger partial charge in [-0.1, -0.05) is 55.1 Å². The van der Waals surface area contributed by atoms with Crippen molar-refractivity contribution in [1.82, 2.24) is 0 Å². The van der Waals surface area contributed by atoms with Crippen LogP contribution in [-0.4, -0.2) is 18.1 Å². The van der Waals surface area contributed by atoms with E-state index in [1.54, 1.807) is 13.1 Å². The lowest BCUT2D eigenvalue weighted by Crippen LogP contribution is -2.38. The molecule has 0 saturated heterocycles. The van der Waals surface area contributed by atoms with E-state index < -0.39 is 5.60 Å². The summed E-state index contributed by atoms with van der Waals surface area (Å²) < 4.78 is 0. The Morgan fingerprint density at radius 3 is 2.48 bits per heavy atom. The van der Waals surface area contributed by atoms with Gasteiger partial charge in [0.25, 0.3) is 5.91 Å². The molecule has 3 rings (SSSR count). The van der Waals surface area contributed by atoms with Gasteiger partial charge in [0.15, 0.2) is 5.60 Å². The number of anilines is 1. The van der Waals surface area contributed by atoms with Gasteiger partial charge in [0.2, 0.25) is 0 Å². The summed E-state index contributed by atoms with van der Waals surface area (Å²) in [5, 5.41) is 11.0. The summed E-state index contributed by atoms with van der Waals surface area (Å²) in [4.78, 5) is 14.0. The van der Waals surface area contributed by atoms with Gasteiger partial charge >= 0.3 is 0 Å². The van der Waals surface area contributed by atoms with Gasteiger partial charge in [-0.15, -0.1) is 0 Å². The quantitative estimate of drug-likeness (QED) is 0.938. The zero-order valence-electron chi connectivity index (χ0n) is 11.9. The number of carbonyl (C=O) groups excluding carboxylic acids is 1. The molecule has 1 N–H and O–H groups in total. The fraction of sp³-hybridized carbons (Fsp3) is 0.167. The van der Waals surface area contributed by atoms with Crippen LogP contribution < -0.4 is 4.90 Å². The lowest BCUT2D eigenvalue weighted by atomic mass is 9.86. The highest BCUT2D eigenvalue weighted by atomic mass is 16.3. The Morgan fingerprint density at radius 1 is 1.14 bits per heavy atom. The molecule has 0 bridgehead atoms. The average Bonchev–Trinajstić information content (AvgIpc) is 2.71. The van der Waals surface area contributed by atoms with Crippen molar-refractivity contribution in [2.24, 2.45) is 0 Å². The van der Waals surface area contributed by atoms with E-state index in [9.17, 15) is 9.90 Å². The van der Waals surface area contributed by atoms with Gasteiger partial charge in [0, 0.05) is 19.0 Å². The molecule has 1 atom stereocenters. The van der Waals surface area contributed by atoms with Gasteiger partial charge in [-0.2, -0.15) is 0 Å². The highest BCUT2D eigenvalue weighted by Gasteiger charge is 2.48. The molecule has 0 fully saturated rings. The zero-order valence-corrected chi connectivity index (χ0v) is 11.9. The summed E-state index contributed by atoms with van der Waals surface area (Å²) >= 11 is 0. The summed E-state index contributed by atoms with van der Waals surface area (Å²) in [7, 11) is 1.68. The van der Waals surface area contributed by atoms with Gasteiger partial charge in [0.05, 0.1) is 5.69 Å². The van der Waals surface area contributed by atoms with Gasteiger partial charge < -0.3 is 10.0 Å². The first-order chi connectivity index (χ1) is 10.0. The lowest BCUT2D eigenvalue weighted by Gasteiger charge is -2.23. The molecule has 3 heteroatoms. The third kappa shape index (κ3) is 2.06. The first-order valence-electron chi connectivity index (χ1n) is 6.87. The van der Waals surface area contributed by atoms with Crippen LogP contribution in [0.1, 0.15) is 17.5 Å². The highest BCUT2D eigenvalue weighted by molar-refractivity contribution is 6.07. The normalized spacial score (nSPS) is 20.5. The topological polar surface area (TPSA) is 40.5 Å². The Morgan fingerprint density at radius 2 is 1.76 bits per heavy atom. The predicted octanol–water partition coefficient (Wildman–Crippen LogP) is 2.95. The lowest BCUT2D eigenvalue weighted by molar-refractivity contribution is -0.135. The fourth-order valence-corrected chi connectivity index (χ4v) is 2.87. The fourth-order valence-electron chi connectivity index (χ4n) is 2.87. The zero-order chi connectivity index (χ0) is 15.0. The Bertz CT molecular complexity index is 708. The van der Waals surface area contributed by atoms with Gasteiger partial charge in [-0.05, 0) is 17.2 Å². The molecule has 2 aromatic rings. The van der Waals surface area contributed by atoms with Crippen molar-refractivity contribution in [2.75, 3.05) is 11.9 Å². The van der Waals surface area contributed by atoms with Crippen molar-refractivity contribution in [3.05, 3.63) is 72.3 Å². The van der Waals surface area contributed by atoms with Crippen LogP contribution >= 0.6 is 0 Å². The standard InChI is InChI=1S/C18H17NO2/c1-13(14-8-4-3-5-9-14)12-18(21)15-10-6-7-11-16(15)19(2)17(18)20/h3-11,21H,1,12H2,2H3. The van der Waals surface area contributed by atoms with Gasteiger partial charge in [-0.25, -0.2) is 0 Å². The Kier molecular flexibility index (Phi) is 3.15. The van der Waals surface area contributed by atoms with E-state index in [1.807, 2.05) is 48.5 Å². The van der Waals surface area contributed by atoms with Crippen LogP contribution in [0.3, 0.4) is 0 Å². The Labute approximate surface area is 124 Å². The van der Waals surface area contributed by atoms with Crippen LogP contribution in [0.25, 0.3) is 5.57 Å². The van der Waals surface area contributed by atoms with Gasteiger partial charge in [0.1, 0.15) is 0 Å². The minimum absolute atomic E-state index is 0.192. The Hall–Kier alpha value is -2.39. The molecule has 0 spiro atoms. The summed E-state index contributed by atoms with van der Waals surface area (Å²) in [5.74, 6) is -0.305. The molecule has 1 aliphatic heterocycles. The van der Waals surface area contributed by atoms with Crippen molar-refractivity contribution < 1.29 is 9.90 Å². The van der Waals surface area contributed by atoms with E-state index in [2.05, 4.69) is 6.58 Å². The molecule has 1 amide bonds. The molecule has 106 valence electrons. The molecule has 3 nitrogen and oxygen atoms in total. The molecule has 2 aromatic carbocycles. The summed E-state index contributed by atoms with van der Waals surface area (Å²) in [6, 6.07) is 17.0. The smallest absolute Gasteiger partial charge is 0.263 e. The number of fused-ring (bicyclic) bond motifs is 1. The third-order valence-electron chi connectivity index (χ3n) is 4.02. The van der Waals surface area contributed by atoms with Crippen LogP contribution in [0.5, 0.6) is 0 Å². The molecule has 0 aliphatic carbocycles. The summed E-state index contributed by atoms with van der Waals surface area (Å²) in [6.45, 7) is 4.04. The molecule has 0 saturated carbocycles. The first kappa shape index (κ1) is 13.6. The largest absolute Gasteiger partial charge is 0.375 e. The predicted molar refractivity (Wildman–Crippen MR) is 83.8 cm³/mol. The van der Waals surface area contributed by atoms with Gasteiger partial charge in [-0.3, -0.25) is 4.79 Å². The second-order valence-corrected chi connectivity index (χ2v) is 5.39. The van der Waals surface area contributed by atoms with Crippen molar-refractivity contribution in [3.8, 4) is 0 Å². The molecule has 1 unspecified atom stereocenters. The summed E-state index contributed by atoms with van der Waals surface area (Å²) in [6.07, 6.45) is 0.192. The minimum Gasteiger partial charge on any atom is -0.375 e. The van der Waals surface area contributed by atoms with E-state index in [0.717, 1.165) is 16.8 Å². The van der Waals surface area contributed by atoms with Crippen LogP contribution in [-0.2, 0) is 10.4 Å². The molecule has 0 radical (unpaired) electrons. The van der Waals surface area contributed by atoms with Crippen molar-refractivity contribution >= 4 is 17.2 Å². The molecular formula is C18H17NO2. The number of likely N-dealkylation sites (N-methyl/N-ethyl adjacent to an activating group) is 1. The highest BCUT2D eigenvalue weighted by Crippen LogP contribution is 2.43. The third-order valence-corrected chi connectivity index (χ3v) is 4.02. The monoisotopic (exact) mass is 279 g/mol. The molecule has 1 heterocycles. The second-order valence-electron chi connectivity index (χ2n) is 5.39. The number of carbonyl (C=O) groups is 1. The van der Waals surface area contributed by atoms with E-state index in [1.165, 1.54) is 4.90 Å². The number of aliphatic hydroxyl groups is 1. The van der Waals surface area contributed by atoms with Crippen molar-refractivity contribution in [3.63, 3.8) is 0 Å². The molecule has 21 heavy (non-hydrogen) atoms. The van der Waals surface area contributed by atoms with Crippen molar-refractivity contribution in [1.29, 1.82) is 0 Å². The minimum atomic E-state index is -1.53. The van der Waals surface area contributed by atoms with Crippen LogP contribution in [0, 0.1) is 0 Å². The van der Waals surface area contributed by atoms with E-state index in [0.29, 0.717) is 5.56 Å². The first-order valence-corrected chi connectivity index (χ1v) is 6.87. The van der Waals surface area contributed by atoms with Crippen LogP contribution in [0.15, 0.2) is 61.2 Å². The number of hydrogen-bond donors (Lipinski definition) is 1. The number of para-hydroxylation sites is 1. The van der Waals surface area contributed by atoms with Crippen LogP contribution in [0.4, 0.5) is 5.69 Å². The van der Waals surface area contributed by atoms with Crippen molar-refractivity contribution in [2.45, 2.75) is 12.0 Å². The van der Waals surface area contributed by atoms with Crippen LogP contribution in [0.2, 0.25) is 0 Å². The van der Waals surface area contributed by atoms with E-state index in [4.69, 9.17) is 0 Å². The molecule has 0 aromatic heterocycles. The van der Waals surface area contributed by atoms with E-state index in [-0.39, 0.29) is 12.3 Å². The molecular weight excluding hydrogens is 262 g/mol. The molecule has 1 aliphatic rings. The second kappa shape index (κ2) is 4.86. The average molecular weight is 279 g/mol. The van der Waals surface area contributed by atoms with E-state index >= 15 is 0 Å². The number of hydrogen-bond acceptors (Lipinski definition) is 2. The number of nitrogens with zero attached hydrogens (tertiary/aromatic N) is 1. The maximum Gasteiger partial charge on any atom is 0.263 e. The summed E-state index contributed by atoms with van der Waals surface area (Å²) in [5.41, 5.74) is 1.56.